The monoisotopic (exact) mass is 319 g/mol. The first-order valence-corrected chi connectivity index (χ1v) is 6.79. The summed E-state index contributed by atoms with van der Waals surface area (Å²) in [6.07, 6.45) is 0. The molecule has 0 aliphatic heterocycles. The molecular weight excluding hydrogens is 302 g/mol. The van der Waals surface area contributed by atoms with Crippen molar-refractivity contribution in [2.75, 3.05) is 5.75 Å². The van der Waals surface area contributed by atoms with Crippen LogP contribution in [0.25, 0.3) is 0 Å². The van der Waals surface area contributed by atoms with Crippen LogP contribution in [0.5, 0.6) is 0 Å². The summed E-state index contributed by atoms with van der Waals surface area (Å²) in [5, 5.41) is 8.50. The number of rotatable bonds is 5. The van der Waals surface area contributed by atoms with Gasteiger partial charge in [0.05, 0.1) is 0 Å². The number of hydrogen-bond donors (Lipinski definition) is 2. The van der Waals surface area contributed by atoms with Crippen LogP contribution >= 0.6 is 11.8 Å². The van der Waals surface area contributed by atoms with Crippen LogP contribution in [-0.2, 0) is 27.6 Å². The van der Waals surface area contributed by atoms with Crippen LogP contribution in [0.1, 0.15) is 5.56 Å². The van der Waals surface area contributed by atoms with Gasteiger partial charge < -0.3 is 40.7 Å². The zero-order chi connectivity index (χ0) is 13.2. The van der Waals surface area contributed by atoms with E-state index < -0.39 is 12.0 Å². The first-order valence-electron chi connectivity index (χ1n) is 5.63. The predicted octanol–water partition coefficient (Wildman–Crippen LogP) is 2.45. The number of thioether (sulfide) groups is 1. The molecule has 0 bridgehead atoms. The molecule has 0 saturated carbocycles. The molecule has 2 aromatic rings. The normalized spacial score (nSPS) is 10.8. The van der Waals surface area contributed by atoms with E-state index in [0.717, 1.165) is 5.75 Å². The van der Waals surface area contributed by atoms with E-state index in [-0.39, 0.29) is 17.1 Å². The second-order valence-electron chi connectivity index (χ2n) is 3.72. The zero-order valence-corrected chi connectivity index (χ0v) is 12.3. The molecule has 0 aliphatic carbocycles. The van der Waals surface area contributed by atoms with Crippen molar-refractivity contribution in [2.45, 2.75) is 11.8 Å². The Morgan fingerprint density at radius 1 is 1.32 bits per heavy atom. The molecule has 110 valence electrons. The van der Waals surface area contributed by atoms with E-state index in [1.54, 1.807) is 11.8 Å². The molecule has 5 heteroatoms. The number of hydrogen-bond acceptors (Lipinski definition) is 3. The molecule has 3 nitrogen and oxygen atoms in total. The molecule has 0 saturated heterocycles. The van der Waals surface area contributed by atoms with Gasteiger partial charge in [0.25, 0.3) is 0 Å². The third kappa shape index (κ3) is 8.67. The van der Waals surface area contributed by atoms with Gasteiger partial charge in [-0.15, -0.1) is 0 Å². The van der Waals surface area contributed by atoms with E-state index in [1.807, 2.05) is 54.6 Å². The third-order valence-corrected chi connectivity index (χ3v) is 3.30. The van der Waals surface area contributed by atoms with Gasteiger partial charge in [-0.25, -0.2) is 12.1 Å². The molecule has 0 aliphatic rings. The Balaban J connectivity index is 0.000000454. The summed E-state index contributed by atoms with van der Waals surface area (Å²) >= 11 is 1.54. The minimum absolute atomic E-state index is 0. The van der Waals surface area contributed by atoms with Crippen molar-refractivity contribution in [3.8, 4) is 0 Å². The Morgan fingerprint density at radius 2 is 1.89 bits per heavy atom. The number of carboxylic acids is 1. The quantitative estimate of drug-likeness (QED) is 0.656. The average molecular weight is 319 g/mol. The number of carboxylic acid groups (broad SMARTS) is 1. The van der Waals surface area contributed by atoms with E-state index in [9.17, 15) is 4.79 Å². The van der Waals surface area contributed by atoms with E-state index in [0.29, 0.717) is 5.75 Å². The third-order valence-electron chi connectivity index (χ3n) is 2.17. The number of nitrogens with two attached hydrogens (primary N) is 1. The average Bonchev–Trinajstić information content (AvgIpc) is 3.04. The molecule has 3 N–H and O–H groups in total. The first kappa shape index (κ1) is 18.0. The largest absolute Gasteiger partial charge is 0.748 e. The van der Waals surface area contributed by atoms with Crippen LogP contribution in [0.3, 0.4) is 0 Å². The minimum Gasteiger partial charge on any atom is -0.748 e. The van der Waals surface area contributed by atoms with Gasteiger partial charge in [-0.1, -0.05) is 0 Å². The molecule has 0 fully saturated rings. The fraction of sp³-hybridized carbons (Fsp3) is 0.214. The number of carbonyl (C=O) groups is 1. The van der Waals surface area contributed by atoms with Crippen LogP contribution in [0.15, 0.2) is 54.6 Å². The Morgan fingerprint density at radius 3 is 2.32 bits per heavy atom. The summed E-state index contributed by atoms with van der Waals surface area (Å²) in [6, 6.07) is 17.2. The van der Waals surface area contributed by atoms with Crippen molar-refractivity contribution >= 4 is 17.7 Å². The van der Waals surface area contributed by atoms with Crippen molar-refractivity contribution in [1.29, 1.82) is 0 Å². The van der Waals surface area contributed by atoms with Gasteiger partial charge in [-0.2, -0.15) is 35.7 Å². The fourth-order valence-corrected chi connectivity index (χ4v) is 2.15. The van der Waals surface area contributed by atoms with Crippen molar-refractivity contribution in [1.82, 2.24) is 0 Å². The smallest absolute Gasteiger partial charge is 0.321 e. The summed E-state index contributed by atoms with van der Waals surface area (Å²) in [5.41, 5.74) is 6.55. The molecule has 0 aromatic heterocycles. The Kier molecular flexibility index (Phi) is 10.3. The summed E-state index contributed by atoms with van der Waals surface area (Å²) in [5.74, 6) is 0.351. The van der Waals surface area contributed by atoms with Crippen molar-refractivity contribution in [2.24, 2.45) is 5.73 Å². The minimum atomic E-state index is -0.935. The second kappa shape index (κ2) is 10.9. The Labute approximate surface area is 128 Å². The topological polar surface area (TPSA) is 63.3 Å². The van der Waals surface area contributed by atoms with Gasteiger partial charge in [0, 0.05) is 22.8 Å². The molecule has 19 heavy (non-hydrogen) atoms. The van der Waals surface area contributed by atoms with Gasteiger partial charge >= 0.3 is 5.97 Å². The maximum atomic E-state index is 10.4. The zero-order valence-electron chi connectivity index (χ0n) is 10.4. The van der Waals surface area contributed by atoms with E-state index in [2.05, 4.69) is 0 Å². The van der Waals surface area contributed by atoms with Crippen LogP contribution in [-0.4, -0.2) is 22.9 Å². The second-order valence-corrected chi connectivity index (χ2v) is 4.75. The Bertz CT molecular complexity index is 397. The summed E-state index contributed by atoms with van der Waals surface area (Å²) in [6.45, 7) is 0. The fourth-order valence-electron chi connectivity index (χ4n) is 1.21. The standard InChI is InChI=1S/C9H12NO2S.C5H5.Fe/c10-8(9(11)12)6-13-5-7-3-1-2-4-7;1-2-4-5-3-1;/h1-4,8H,5-6,10H2,(H,11,12);1-5H;/q-5;-1;. The van der Waals surface area contributed by atoms with Gasteiger partial charge in [-0.05, 0) is 0 Å². The maximum Gasteiger partial charge on any atom is 0.321 e. The van der Waals surface area contributed by atoms with Gasteiger partial charge in [0.15, 0.2) is 0 Å². The van der Waals surface area contributed by atoms with E-state index >= 15 is 0 Å². The molecule has 0 heterocycles. The molecule has 2 aromatic carbocycles. The van der Waals surface area contributed by atoms with Crippen LogP contribution in [0.2, 0.25) is 0 Å². The maximum absolute atomic E-state index is 10.4. The van der Waals surface area contributed by atoms with Gasteiger partial charge in [-0.3, -0.25) is 4.79 Å². The van der Waals surface area contributed by atoms with Crippen LogP contribution < -0.4 is 5.73 Å². The molecule has 0 radical (unpaired) electrons. The van der Waals surface area contributed by atoms with E-state index in [1.165, 1.54) is 5.56 Å². The predicted molar refractivity (Wildman–Crippen MR) is 75.8 cm³/mol. The van der Waals surface area contributed by atoms with Crippen LogP contribution in [0, 0.1) is 0 Å². The molecule has 0 amide bonds. The SMILES string of the molecule is NC(CSC[c-]1[cH-][cH-][cH-][cH-]1)C(=O)O.[Fe].c1cc[cH-]c1. The van der Waals surface area contributed by atoms with E-state index in [4.69, 9.17) is 10.8 Å². The summed E-state index contributed by atoms with van der Waals surface area (Å²) in [4.78, 5) is 10.4. The van der Waals surface area contributed by atoms with Gasteiger partial charge in [0.1, 0.15) is 6.04 Å². The van der Waals surface area contributed by atoms with Crippen molar-refractivity contribution in [3.63, 3.8) is 0 Å². The summed E-state index contributed by atoms with van der Waals surface area (Å²) in [7, 11) is 0. The van der Waals surface area contributed by atoms with Crippen molar-refractivity contribution < 1.29 is 27.0 Å². The van der Waals surface area contributed by atoms with Crippen molar-refractivity contribution in [3.05, 3.63) is 60.2 Å². The molecule has 1 unspecified atom stereocenters. The first-order chi connectivity index (χ1) is 8.70. The molecule has 0 spiro atoms. The number of aliphatic carboxylic acids is 1. The summed E-state index contributed by atoms with van der Waals surface area (Å²) < 4.78 is 0. The van der Waals surface area contributed by atoms with Crippen LogP contribution in [0.4, 0.5) is 0 Å². The van der Waals surface area contributed by atoms with Gasteiger partial charge in [0.2, 0.25) is 0 Å². The molecule has 1 atom stereocenters. The molecular formula is C14H17FeNO2S-6. The molecule has 2 rings (SSSR count). The Hall–Kier alpha value is -1.00.